The molecule has 0 aliphatic carbocycles. The van der Waals surface area contributed by atoms with Gasteiger partial charge >= 0.3 is 6.18 Å². The number of furan rings is 1. The van der Waals surface area contributed by atoms with E-state index in [1.807, 2.05) is 0 Å². The first-order valence-corrected chi connectivity index (χ1v) is 10.3. The summed E-state index contributed by atoms with van der Waals surface area (Å²) in [7, 11) is 0. The summed E-state index contributed by atoms with van der Waals surface area (Å²) in [6.45, 7) is 1.70. The van der Waals surface area contributed by atoms with Gasteiger partial charge in [0.1, 0.15) is 11.3 Å². The molecule has 0 bridgehead atoms. The molecule has 3 heterocycles. The average Bonchev–Trinajstić information content (AvgIpc) is 3.32. The summed E-state index contributed by atoms with van der Waals surface area (Å²) in [5, 5.41) is 0.344. The number of fused-ring (bicyclic) bond motifs is 1. The van der Waals surface area contributed by atoms with Gasteiger partial charge in [-0.1, -0.05) is 6.92 Å². The van der Waals surface area contributed by atoms with Gasteiger partial charge in [-0.15, -0.1) is 11.3 Å². The number of carbonyl (C=O) groups excluding carboxylic acids is 1. The zero-order valence-corrected chi connectivity index (χ0v) is 16.8. The van der Waals surface area contributed by atoms with E-state index >= 15 is 0 Å². The Bertz CT molecular complexity index is 1090. The highest BCUT2D eigenvalue weighted by atomic mass is 32.1. The number of halogens is 5. The van der Waals surface area contributed by atoms with Crippen molar-refractivity contribution in [3.8, 4) is 10.4 Å². The molecule has 0 saturated carbocycles. The molecule has 1 aliphatic rings. The van der Waals surface area contributed by atoms with E-state index in [-0.39, 0.29) is 37.4 Å². The van der Waals surface area contributed by atoms with Gasteiger partial charge in [0.05, 0.1) is 10.4 Å². The van der Waals surface area contributed by atoms with Gasteiger partial charge in [-0.25, -0.2) is 8.78 Å². The summed E-state index contributed by atoms with van der Waals surface area (Å²) < 4.78 is 72.8. The van der Waals surface area contributed by atoms with E-state index in [1.54, 1.807) is 25.1 Å². The normalized spacial score (nSPS) is 16.9. The molecular weight excluding hydrogens is 425 g/mol. The molecule has 1 fully saturated rings. The Morgan fingerprint density at radius 2 is 1.87 bits per heavy atom. The predicted octanol–water partition coefficient (Wildman–Crippen LogP) is 6.61. The highest BCUT2D eigenvalue weighted by molar-refractivity contribution is 7.17. The van der Waals surface area contributed by atoms with Gasteiger partial charge in [-0.05, 0) is 35.9 Å². The highest BCUT2D eigenvalue weighted by Gasteiger charge is 2.37. The summed E-state index contributed by atoms with van der Waals surface area (Å²) in [6, 6.07) is 7.32. The molecule has 3 nitrogen and oxygen atoms in total. The van der Waals surface area contributed by atoms with E-state index in [0.29, 0.717) is 32.9 Å². The third-order valence-corrected chi connectivity index (χ3v) is 6.33. The van der Waals surface area contributed by atoms with E-state index in [2.05, 4.69) is 0 Å². The molecule has 0 N–H and O–H groups in total. The van der Waals surface area contributed by atoms with Crippen molar-refractivity contribution in [3.63, 3.8) is 0 Å². The smallest absolute Gasteiger partial charge is 0.420 e. The highest BCUT2D eigenvalue weighted by Crippen LogP contribution is 2.41. The van der Waals surface area contributed by atoms with Crippen molar-refractivity contribution in [3.05, 3.63) is 46.5 Å². The molecule has 160 valence electrons. The maximum atomic E-state index is 13.6. The van der Waals surface area contributed by atoms with Gasteiger partial charge in [0.25, 0.3) is 11.8 Å². The second-order valence-corrected chi connectivity index (χ2v) is 8.40. The van der Waals surface area contributed by atoms with Crippen LogP contribution in [0.2, 0.25) is 0 Å². The van der Waals surface area contributed by atoms with Crippen molar-refractivity contribution in [2.75, 3.05) is 13.1 Å². The summed E-state index contributed by atoms with van der Waals surface area (Å²) in [5.41, 5.74) is -0.744. The minimum Gasteiger partial charge on any atom is -0.460 e. The zero-order chi connectivity index (χ0) is 21.7. The van der Waals surface area contributed by atoms with Crippen LogP contribution < -0.4 is 0 Å². The van der Waals surface area contributed by atoms with Crippen LogP contribution in [0.4, 0.5) is 22.0 Å². The largest absolute Gasteiger partial charge is 0.460 e. The molecule has 1 amide bonds. The molecule has 1 saturated heterocycles. The minimum atomic E-state index is -4.59. The number of rotatable bonds is 3. The Balaban J connectivity index is 1.67. The van der Waals surface area contributed by atoms with E-state index in [9.17, 15) is 26.7 Å². The van der Waals surface area contributed by atoms with Crippen LogP contribution in [-0.4, -0.2) is 29.8 Å². The van der Waals surface area contributed by atoms with Crippen molar-refractivity contribution in [2.24, 2.45) is 0 Å². The molecule has 0 unspecified atom stereocenters. The van der Waals surface area contributed by atoms with Crippen LogP contribution in [0, 0.1) is 0 Å². The number of nitrogens with zero attached hydrogens (tertiary/aromatic N) is 1. The monoisotopic (exact) mass is 443 g/mol. The molecule has 9 heteroatoms. The van der Waals surface area contributed by atoms with E-state index in [0.717, 1.165) is 17.4 Å². The molecule has 0 radical (unpaired) electrons. The number of amides is 1. The molecule has 1 aliphatic heterocycles. The second-order valence-electron chi connectivity index (χ2n) is 7.32. The first kappa shape index (κ1) is 20.8. The summed E-state index contributed by atoms with van der Waals surface area (Å²) in [4.78, 5) is 14.8. The van der Waals surface area contributed by atoms with E-state index in [1.165, 1.54) is 11.0 Å². The fourth-order valence-corrected chi connectivity index (χ4v) is 4.50. The molecule has 0 atom stereocenters. The first-order chi connectivity index (χ1) is 14.1. The number of carbonyl (C=O) groups is 1. The number of likely N-dealkylation sites (tertiary alicyclic amines) is 1. The molecule has 4 rings (SSSR count). The fraction of sp³-hybridized carbons (Fsp3) is 0.381. The van der Waals surface area contributed by atoms with Crippen molar-refractivity contribution < 1.29 is 31.2 Å². The number of aryl methyl sites for hydroxylation is 1. The van der Waals surface area contributed by atoms with Gasteiger partial charge in [0.2, 0.25) is 0 Å². The van der Waals surface area contributed by atoms with Crippen molar-refractivity contribution in [2.45, 2.75) is 38.3 Å². The number of thiophene rings is 1. The van der Waals surface area contributed by atoms with Gasteiger partial charge in [0, 0.05) is 42.6 Å². The number of hydrogen-bond acceptors (Lipinski definition) is 3. The van der Waals surface area contributed by atoms with Crippen LogP contribution in [0.15, 0.2) is 34.7 Å². The van der Waals surface area contributed by atoms with Crippen molar-refractivity contribution in [1.29, 1.82) is 0 Å². The third kappa shape index (κ3) is 3.95. The molecule has 3 aromatic rings. The minimum absolute atomic E-state index is 0.0436. The lowest BCUT2D eigenvalue weighted by atomic mass is 10.1. The SMILES string of the molecule is CCc1cc2cc(-c3ccc(C(=O)N4CCC(F)(F)CC4)s3)cc(C(F)(F)F)c2o1. The maximum Gasteiger partial charge on any atom is 0.420 e. The molecule has 2 aromatic heterocycles. The summed E-state index contributed by atoms with van der Waals surface area (Å²) >= 11 is 1.05. The van der Waals surface area contributed by atoms with Crippen LogP contribution in [0.25, 0.3) is 21.4 Å². The van der Waals surface area contributed by atoms with Crippen LogP contribution >= 0.6 is 11.3 Å². The molecule has 1 aromatic carbocycles. The predicted molar refractivity (Wildman–Crippen MR) is 104 cm³/mol. The van der Waals surface area contributed by atoms with Gasteiger partial charge < -0.3 is 9.32 Å². The summed E-state index contributed by atoms with van der Waals surface area (Å²) in [5.74, 6) is -2.69. The number of alkyl halides is 5. The molecule has 0 spiro atoms. The third-order valence-electron chi connectivity index (χ3n) is 5.20. The Morgan fingerprint density at radius 1 is 1.17 bits per heavy atom. The average molecular weight is 443 g/mol. The van der Waals surface area contributed by atoms with Gasteiger partial charge in [-0.2, -0.15) is 13.2 Å². The Hall–Kier alpha value is -2.42. The van der Waals surface area contributed by atoms with Crippen molar-refractivity contribution in [1.82, 2.24) is 4.90 Å². The van der Waals surface area contributed by atoms with E-state index < -0.39 is 17.7 Å². The number of hydrogen-bond donors (Lipinski definition) is 0. The van der Waals surface area contributed by atoms with Gasteiger partial charge in [-0.3, -0.25) is 4.79 Å². The fourth-order valence-electron chi connectivity index (χ4n) is 3.53. The van der Waals surface area contributed by atoms with Crippen LogP contribution in [0.1, 0.15) is 40.8 Å². The Morgan fingerprint density at radius 3 is 2.50 bits per heavy atom. The maximum absolute atomic E-state index is 13.6. The quantitative estimate of drug-likeness (QED) is 0.427. The number of benzene rings is 1. The second kappa shape index (κ2) is 7.37. The molecule has 30 heavy (non-hydrogen) atoms. The first-order valence-electron chi connectivity index (χ1n) is 9.48. The van der Waals surface area contributed by atoms with Crippen LogP contribution in [0.5, 0.6) is 0 Å². The molecular formula is C21H18F5NO2S. The van der Waals surface area contributed by atoms with Crippen molar-refractivity contribution >= 4 is 28.2 Å². The Labute approximate surface area is 173 Å². The van der Waals surface area contributed by atoms with Crippen LogP contribution in [0.3, 0.4) is 0 Å². The van der Waals surface area contributed by atoms with E-state index in [4.69, 9.17) is 4.42 Å². The lowest BCUT2D eigenvalue weighted by molar-refractivity contribution is -0.136. The number of piperidine rings is 1. The standard InChI is InChI=1S/C21H18F5NO2S/c1-2-14-10-13-9-12(11-15(18(13)29-14)21(24,25)26)16-3-4-17(30-16)19(28)27-7-5-20(22,23)6-8-27/h3-4,9-11H,2,5-8H2,1H3. The summed E-state index contributed by atoms with van der Waals surface area (Å²) in [6.07, 6.45) is -4.90. The lowest BCUT2D eigenvalue weighted by Gasteiger charge is -2.31. The van der Waals surface area contributed by atoms with Crippen LogP contribution in [-0.2, 0) is 12.6 Å². The van der Waals surface area contributed by atoms with Gasteiger partial charge in [0.15, 0.2) is 0 Å². The Kier molecular flexibility index (Phi) is 5.12. The topological polar surface area (TPSA) is 33.5 Å². The lowest BCUT2D eigenvalue weighted by Crippen LogP contribution is -2.42. The zero-order valence-electron chi connectivity index (χ0n) is 16.0.